The number of carboxylic acid groups (broad SMARTS) is 1. The molecule has 0 bridgehead atoms. The number of fused-ring (bicyclic) bond motifs is 1. The first kappa shape index (κ1) is 10.3. The van der Waals surface area contributed by atoms with Gasteiger partial charge in [-0.05, 0) is 0 Å². The Hall–Kier alpha value is -1.22. The third-order valence-corrected chi connectivity index (χ3v) is 5.32. The number of carbonyl (C=O) groups excluding carboxylic acids is 1. The Labute approximate surface area is 88.0 Å². The molecule has 0 aliphatic carbocycles. The molecule has 1 atom stereocenters. The molecule has 82 valence electrons. The fourth-order valence-electron chi connectivity index (χ4n) is 1.27. The normalized spacial score (nSPS) is 27.5. The molecule has 1 N–H and O–H groups in total. The Morgan fingerprint density at radius 1 is 1.67 bits per heavy atom. The molecular formula is C6H5NO6S2. The zero-order valence-electron chi connectivity index (χ0n) is 7.11. The molecule has 2 heterocycles. The molecule has 0 radical (unpaired) electrons. The van der Waals surface area contributed by atoms with Crippen LogP contribution in [0.25, 0.3) is 0 Å². The minimum Gasteiger partial charge on any atom is -0.449 e. The van der Waals surface area contributed by atoms with Gasteiger partial charge in [-0.25, -0.2) is 13.2 Å². The van der Waals surface area contributed by atoms with E-state index in [0.29, 0.717) is 10.8 Å². The molecule has 0 spiro atoms. The number of rotatable bonds is 1. The van der Waals surface area contributed by atoms with Crippen molar-refractivity contribution >= 4 is 31.7 Å². The van der Waals surface area contributed by atoms with Crippen molar-refractivity contribution in [1.82, 2.24) is 4.90 Å². The molecule has 0 aromatic rings. The topological polar surface area (TPSA) is 101 Å². The average Bonchev–Trinajstić information content (AvgIpc) is 2.07. The summed E-state index contributed by atoms with van der Waals surface area (Å²) in [5.74, 6) is -0.708. The third-order valence-electron chi connectivity index (χ3n) is 1.95. The van der Waals surface area contributed by atoms with Gasteiger partial charge >= 0.3 is 6.16 Å². The van der Waals surface area contributed by atoms with Gasteiger partial charge in [-0.2, -0.15) is 0 Å². The smallest absolute Gasteiger partial charge is 0.449 e. The molecule has 1 fully saturated rings. The van der Waals surface area contributed by atoms with E-state index in [0.717, 1.165) is 10.3 Å². The first-order valence-electron chi connectivity index (χ1n) is 3.77. The van der Waals surface area contributed by atoms with Crippen molar-refractivity contribution in [3.05, 3.63) is 11.3 Å². The molecule has 1 amide bonds. The van der Waals surface area contributed by atoms with Gasteiger partial charge in [0.1, 0.15) is 0 Å². The maximum Gasteiger partial charge on any atom is 0.512 e. The second-order valence-corrected chi connectivity index (χ2v) is 6.76. The molecule has 0 unspecified atom stereocenters. The zero-order valence-corrected chi connectivity index (χ0v) is 8.75. The number of nitrogens with zero attached hydrogens (tertiary/aromatic N) is 1. The van der Waals surface area contributed by atoms with Gasteiger partial charge in [0.25, 0.3) is 0 Å². The number of hydrogen-bond donors (Lipinski definition) is 1. The summed E-state index contributed by atoms with van der Waals surface area (Å²) in [6.45, 7) is 0. The van der Waals surface area contributed by atoms with Crippen LogP contribution < -0.4 is 0 Å². The Balaban J connectivity index is 2.31. The molecule has 0 aromatic heterocycles. The summed E-state index contributed by atoms with van der Waals surface area (Å²) in [5, 5.41) is 8.36. The van der Waals surface area contributed by atoms with Crippen molar-refractivity contribution in [2.45, 2.75) is 11.8 Å². The zero-order chi connectivity index (χ0) is 11.2. The summed E-state index contributed by atoms with van der Waals surface area (Å²) in [5.41, 5.74) is 0. The van der Waals surface area contributed by atoms with E-state index in [9.17, 15) is 18.0 Å². The quantitative estimate of drug-likeness (QED) is 0.401. The first-order chi connectivity index (χ1) is 6.92. The summed E-state index contributed by atoms with van der Waals surface area (Å²) >= 11 is 0. The van der Waals surface area contributed by atoms with Gasteiger partial charge in [-0.15, -0.1) is 0 Å². The Morgan fingerprint density at radius 3 is 2.87 bits per heavy atom. The number of hydrogen-bond acceptors (Lipinski definition) is 6. The lowest BCUT2D eigenvalue weighted by atomic mass is 10.2. The van der Waals surface area contributed by atoms with Crippen LogP contribution in [0.4, 0.5) is 4.79 Å². The maximum atomic E-state index is 11.3. The van der Waals surface area contributed by atoms with Crippen LogP contribution in [0.5, 0.6) is 0 Å². The Bertz CT molecular complexity index is 466. The van der Waals surface area contributed by atoms with Gasteiger partial charge in [0.05, 0.1) is 6.42 Å². The SMILES string of the molecule is O=C(O)OC1=CSS(=O)(=O)[C@H]2CC(=O)N12. The molecule has 1 saturated heterocycles. The minimum absolute atomic E-state index is 0.129. The lowest BCUT2D eigenvalue weighted by Crippen LogP contribution is -2.56. The van der Waals surface area contributed by atoms with Crippen molar-refractivity contribution in [1.29, 1.82) is 0 Å². The summed E-state index contributed by atoms with van der Waals surface area (Å²) in [7, 11) is -2.99. The monoisotopic (exact) mass is 251 g/mol. The van der Waals surface area contributed by atoms with Crippen molar-refractivity contribution in [3.8, 4) is 0 Å². The van der Waals surface area contributed by atoms with Crippen molar-refractivity contribution < 1.29 is 27.9 Å². The van der Waals surface area contributed by atoms with E-state index in [4.69, 9.17) is 5.11 Å². The van der Waals surface area contributed by atoms with Crippen LogP contribution in [-0.4, -0.2) is 35.9 Å². The lowest BCUT2D eigenvalue weighted by molar-refractivity contribution is -0.141. The van der Waals surface area contributed by atoms with E-state index in [1.165, 1.54) is 0 Å². The van der Waals surface area contributed by atoms with Crippen LogP contribution >= 0.6 is 10.8 Å². The molecule has 2 aliphatic heterocycles. The molecule has 7 nitrogen and oxygen atoms in total. The van der Waals surface area contributed by atoms with Gasteiger partial charge in [-0.1, -0.05) is 0 Å². The fraction of sp³-hybridized carbons (Fsp3) is 0.333. The molecule has 0 saturated carbocycles. The highest BCUT2D eigenvalue weighted by Gasteiger charge is 2.51. The molecule has 0 aromatic carbocycles. The molecule has 2 aliphatic rings. The van der Waals surface area contributed by atoms with Gasteiger partial charge in [0.2, 0.25) is 20.7 Å². The number of ether oxygens (including phenoxy) is 1. The Kier molecular flexibility index (Phi) is 2.15. The third kappa shape index (κ3) is 1.57. The number of carbonyl (C=O) groups is 2. The lowest BCUT2D eigenvalue weighted by Gasteiger charge is -2.40. The summed E-state index contributed by atoms with van der Waals surface area (Å²) < 4.78 is 27.0. The van der Waals surface area contributed by atoms with E-state index >= 15 is 0 Å². The highest BCUT2D eigenvalue weighted by Crippen LogP contribution is 2.40. The van der Waals surface area contributed by atoms with Crippen LogP contribution in [0.15, 0.2) is 11.3 Å². The minimum atomic E-state index is -3.45. The van der Waals surface area contributed by atoms with Crippen LogP contribution in [0, 0.1) is 0 Å². The van der Waals surface area contributed by atoms with E-state index in [-0.39, 0.29) is 12.3 Å². The first-order valence-corrected chi connectivity index (χ1v) is 6.71. The van der Waals surface area contributed by atoms with E-state index in [1.54, 1.807) is 0 Å². The molecule has 9 heteroatoms. The van der Waals surface area contributed by atoms with Crippen molar-refractivity contribution in [2.24, 2.45) is 0 Å². The predicted molar refractivity (Wildman–Crippen MR) is 49.0 cm³/mol. The second kappa shape index (κ2) is 3.14. The van der Waals surface area contributed by atoms with Crippen LogP contribution in [0.3, 0.4) is 0 Å². The number of amides is 1. The standard InChI is InChI=1S/C6H5NO6S2/c8-3-1-5-7(3)4(13-6(9)10)2-14-15(5,11)12/h2,5H,1H2,(H,9,10)/t5-/m0/s1. The van der Waals surface area contributed by atoms with E-state index < -0.39 is 26.3 Å². The highest BCUT2D eigenvalue weighted by atomic mass is 33.1. The second-order valence-electron chi connectivity index (χ2n) is 2.84. The van der Waals surface area contributed by atoms with Crippen LogP contribution in [0.1, 0.15) is 6.42 Å². The predicted octanol–water partition coefficient (Wildman–Crippen LogP) is 0.115. The molecule has 2 rings (SSSR count). The number of β-lactam (4-membered cyclic amide) rings is 1. The van der Waals surface area contributed by atoms with Crippen LogP contribution in [-0.2, 0) is 18.4 Å². The van der Waals surface area contributed by atoms with Gasteiger partial charge in [0, 0.05) is 16.2 Å². The van der Waals surface area contributed by atoms with Crippen molar-refractivity contribution in [3.63, 3.8) is 0 Å². The molecule has 15 heavy (non-hydrogen) atoms. The largest absolute Gasteiger partial charge is 0.512 e. The maximum absolute atomic E-state index is 11.3. The Morgan fingerprint density at radius 2 is 2.33 bits per heavy atom. The summed E-state index contributed by atoms with van der Waals surface area (Å²) in [6.07, 6.45) is -1.71. The highest BCUT2D eigenvalue weighted by molar-refractivity contribution is 8.73. The fourth-order valence-corrected chi connectivity index (χ4v) is 4.10. The van der Waals surface area contributed by atoms with Gasteiger partial charge in [0.15, 0.2) is 5.37 Å². The van der Waals surface area contributed by atoms with Crippen LogP contribution in [0.2, 0.25) is 0 Å². The summed E-state index contributed by atoms with van der Waals surface area (Å²) in [6, 6.07) is 0. The van der Waals surface area contributed by atoms with Gasteiger partial charge in [-0.3, -0.25) is 9.69 Å². The molecular weight excluding hydrogens is 246 g/mol. The average molecular weight is 251 g/mol. The van der Waals surface area contributed by atoms with E-state index in [2.05, 4.69) is 4.74 Å². The van der Waals surface area contributed by atoms with E-state index in [1.807, 2.05) is 0 Å². The van der Waals surface area contributed by atoms with Crippen molar-refractivity contribution in [2.75, 3.05) is 0 Å². The summed E-state index contributed by atoms with van der Waals surface area (Å²) in [4.78, 5) is 22.2. The van der Waals surface area contributed by atoms with Gasteiger partial charge < -0.3 is 9.84 Å².